The van der Waals surface area contributed by atoms with Crippen LogP contribution in [0.3, 0.4) is 0 Å². The Bertz CT molecular complexity index is 748. The lowest BCUT2D eigenvalue weighted by Gasteiger charge is -2.11. The summed E-state index contributed by atoms with van der Waals surface area (Å²) in [6.07, 6.45) is 3.61. The molecule has 0 aliphatic heterocycles. The van der Waals surface area contributed by atoms with E-state index in [0.717, 1.165) is 11.3 Å². The van der Waals surface area contributed by atoms with Crippen molar-refractivity contribution in [3.8, 4) is 0 Å². The minimum atomic E-state index is -0.295. The summed E-state index contributed by atoms with van der Waals surface area (Å²) in [5, 5.41) is 10.5. The van der Waals surface area contributed by atoms with E-state index in [0.29, 0.717) is 10.8 Å². The van der Waals surface area contributed by atoms with Crippen molar-refractivity contribution >= 4 is 33.7 Å². The van der Waals surface area contributed by atoms with Gasteiger partial charge in [0.25, 0.3) is 5.91 Å². The number of nitrogens with zero attached hydrogens (tertiary/aromatic N) is 5. The van der Waals surface area contributed by atoms with E-state index in [9.17, 15) is 4.79 Å². The normalized spacial score (nSPS) is 10.7. The number of carbonyl (C=O) groups is 1. The van der Waals surface area contributed by atoms with Gasteiger partial charge in [0.2, 0.25) is 5.13 Å². The number of anilines is 2. The third kappa shape index (κ3) is 2.32. The Balaban J connectivity index is 1.90. The van der Waals surface area contributed by atoms with Gasteiger partial charge < -0.3 is 9.30 Å². The number of hydrogen-bond acceptors (Lipinski definition) is 6. The van der Waals surface area contributed by atoms with Crippen molar-refractivity contribution in [1.82, 2.24) is 19.6 Å². The molecule has 1 N–H and O–H groups in total. The molecule has 0 saturated heterocycles. The zero-order valence-corrected chi connectivity index (χ0v) is 11.8. The molecule has 3 aromatic rings. The van der Waals surface area contributed by atoms with Gasteiger partial charge in [-0.1, -0.05) is 11.3 Å². The molecule has 20 heavy (non-hydrogen) atoms. The second kappa shape index (κ2) is 4.89. The zero-order chi connectivity index (χ0) is 14.1. The lowest BCUT2D eigenvalue weighted by molar-refractivity contribution is 0.102. The van der Waals surface area contributed by atoms with Crippen molar-refractivity contribution in [3.63, 3.8) is 0 Å². The van der Waals surface area contributed by atoms with Crippen molar-refractivity contribution in [2.45, 2.75) is 0 Å². The summed E-state index contributed by atoms with van der Waals surface area (Å²) < 4.78 is 1.82. The molecular weight excluding hydrogens is 276 g/mol. The van der Waals surface area contributed by atoms with E-state index in [1.54, 1.807) is 11.7 Å². The van der Waals surface area contributed by atoms with E-state index in [4.69, 9.17) is 0 Å². The van der Waals surface area contributed by atoms with E-state index >= 15 is 0 Å². The average molecular weight is 288 g/mol. The number of imidazole rings is 1. The molecule has 8 heteroatoms. The number of carbonyl (C=O) groups excluding carboxylic acids is 1. The van der Waals surface area contributed by atoms with Crippen molar-refractivity contribution in [1.29, 1.82) is 0 Å². The van der Waals surface area contributed by atoms with Crippen LogP contribution in [0.1, 0.15) is 10.5 Å². The van der Waals surface area contributed by atoms with Gasteiger partial charge in [-0.15, -0.1) is 10.2 Å². The molecule has 0 aliphatic rings. The molecule has 0 bridgehead atoms. The predicted molar refractivity (Wildman–Crippen MR) is 77.4 cm³/mol. The van der Waals surface area contributed by atoms with Crippen LogP contribution in [0.5, 0.6) is 0 Å². The van der Waals surface area contributed by atoms with Gasteiger partial charge in [-0.25, -0.2) is 4.98 Å². The molecule has 0 aliphatic carbocycles. The molecule has 3 heterocycles. The monoisotopic (exact) mass is 288 g/mol. The Hall–Kier alpha value is -2.48. The van der Waals surface area contributed by atoms with E-state index in [2.05, 4.69) is 20.5 Å². The summed E-state index contributed by atoms with van der Waals surface area (Å²) in [4.78, 5) is 18.3. The molecule has 0 spiro atoms. The fraction of sp³-hybridized carbons (Fsp3) is 0.167. The Morgan fingerprint density at radius 1 is 1.35 bits per heavy atom. The summed E-state index contributed by atoms with van der Waals surface area (Å²) in [5.74, 6) is -0.295. The molecular formula is C12H12N6OS. The second-order valence-corrected chi connectivity index (χ2v) is 5.20. The first-order chi connectivity index (χ1) is 9.63. The lowest BCUT2D eigenvalue weighted by Crippen LogP contribution is -2.12. The van der Waals surface area contributed by atoms with Crippen LogP contribution in [-0.2, 0) is 0 Å². The Morgan fingerprint density at radius 3 is 2.90 bits per heavy atom. The molecule has 0 fully saturated rings. The molecule has 0 aromatic carbocycles. The van der Waals surface area contributed by atoms with Gasteiger partial charge in [-0.3, -0.25) is 10.1 Å². The Morgan fingerprint density at radius 2 is 2.20 bits per heavy atom. The number of hydrogen-bond donors (Lipinski definition) is 1. The van der Waals surface area contributed by atoms with Crippen LogP contribution in [0.4, 0.5) is 10.8 Å². The van der Waals surface area contributed by atoms with Crippen molar-refractivity contribution in [2.75, 3.05) is 24.3 Å². The van der Waals surface area contributed by atoms with Crippen LogP contribution in [0.25, 0.3) is 5.65 Å². The van der Waals surface area contributed by atoms with Gasteiger partial charge in [-0.2, -0.15) is 0 Å². The molecule has 1 amide bonds. The van der Waals surface area contributed by atoms with E-state index < -0.39 is 0 Å². The molecule has 0 saturated carbocycles. The summed E-state index contributed by atoms with van der Waals surface area (Å²) in [7, 11) is 3.92. The van der Waals surface area contributed by atoms with E-state index in [1.807, 2.05) is 41.7 Å². The largest absolute Gasteiger partial charge is 0.376 e. The first kappa shape index (κ1) is 12.5. The van der Waals surface area contributed by atoms with Crippen molar-refractivity contribution < 1.29 is 4.79 Å². The average Bonchev–Trinajstić information content (AvgIpc) is 3.05. The fourth-order valence-corrected chi connectivity index (χ4v) is 2.18. The van der Waals surface area contributed by atoms with Gasteiger partial charge in [0, 0.05) is 26.5 Å². The van der Waals surface area contributed by atoms with Crippen LogP contribution in [-0.4, -0.2) is 39.6 Å². The lowest BCUT2D eigenvalue weighted by atomic mass is 10.4. The Kier molecular flexibility index (Phi) is 3.07. The first-order valence-electron chi connectivity index (χ1n) is 5.87. The maximum absolute atomic E-state index is 12.0. The van der Waals surface area contributed by atoms with Crippen LogP contribution < -0.4 is 10.2 Å². The molecule has 0 radical (unpaired) electrons. The minimum Gasteiger partial charge on any atom is -0.376 e. The van der Waals surface area contributed by atoms with Gasteiger partial charge in [-0.05, 0) is 12.1 Å². The topological polar surface area (TPSA) is 75.4 Å². The van der Waals surface area contributed by atoms with Crippen LogP contribution >= 0.6 is 11.3 Å². The third-order valence-electron chi connectivity index (χ3n) is 2.76. The Labute approximate surface area is 118 Å². The SMILES string of the molecule is CN(C)c1ccc2nc(C(=O)Nc3nncs3)cn2c1. The van der Waals surface area contributed by atoms with Crippen molar-refractivity contribution in [2.24, 2.45) is 0 Å². The minimum absolute atomic E-state index is 0.295. The van der Waals surface area contributed by atoms with Gasteiger partial charge in [0.05, 0.1) is 5.69 Å². The second-order valence-electron chi connectivity index (χ2n) is 4.37. The van der Waals surface area contributed by atoms with Gasteiger partial charge in [0.1, 0.15) is 16.9 Å². The highest BCUT2D eigenvalue weighted by atomic mass is 32.1. The summed E-state index contributed by atoms with van der Waals surface area (Å²) >= 11 is 1.26. The van der Waals surface area contributed by atoms with E-state index in [1.165, 1.54) is 11.3 Å². The maximum atomic E-state index is 12.0. The highest BCUT2D eigenvalue weighted by molar-refractivity contribution is 7.13. The number of aromatic nitrogens is 4. The molecule has 7 nitrogen and oxygen atoms in total. The summed E-state index contributed by atoms with van der Waals surface area (Å²) in [6, 6.07) is 3.83. The quantitative estimate of drug-likeness (QED) is 0.790. The summed E-state index contributed by atoms with van der Waals surface area (Å²) in [6.45, 7) is 0. The van der Waals surface area contributed by atoms with E-state index in [-0.39, 0.29) is 5.91 Å². The summed E-state index contributed by atoms with van der Waals surface area (Å²) in [5.41, 5.74) is 3.66. The van der Waals surface area contributed by atoms with Crippen LogP contribution in [0.2, 0.25) is 0 Å². The number of nitrogens with one attached hydrogen (secondary N) is 1. The van der Waals surface area contributed by atoms with Crippen LogP contribution in [0.15, 0.2) is 30.0 Å². The third-order valence-corrected chi connectivity index (χ3v) is 3.37. The number of amides is 1. The smallest absolute Gasteiger partial charge is 0.277 e. The molecule has 102 valence electrons. The number of rotatable bonds is 3. The maximum Gasteiger partial charge on any atom is 0.277 e. The van der Waals surface area contributed by atoms with Crippen LogP contribution in [0, 0.1) is 0 Å². The molecule has 3 rings (SSSR count). The number of pyridine rings is 1. The zero-order valence-electron chi connectivity index (χ0n) is 10.9. The highest BCUT2D eigenvalue weighted by Crippen LogP contribution is 2.15. The highest BCUT2D eigenvalue weighted by Gasteiger charge is 2.12. The standard InChI is InChI=1S/C12H12N6OS/c1-17(2)8-3-4-10-14-9(6-18(10)5-8)11(19)15-12-16-13-7-20-12/h3-7H,1-2H3,(H,15,16,19). The number of fused-ring (bicyclic) bond motifs is 1. The predicted octanol–water partition coefficient (Wildman–Crippen LogP) is 1.50. The van der Waals surface area contributed by atoms with Crippen molar-refractivity contribution in [3.05, 3.63) is 35.7 Å². The molecule has 0 atom stereocenters. The molecule has 0 unspecified atom stereocenters. The first-order valence-corrected chi connectivity index (χ1v) is 6.75. The van der Waals surface area contributed by atoms with Gasteiger partial charge >= 0.3 is 0 Å². The van der Waals surface area contributed by atoms with Gasteiger partial charge in [0.15, 0.2) is 0 Å². The fourth-order valence-electron chi connectivity index (χ4n) is 1.74. The molecule has 3 aromatic heterocycles.